The number of fused-ring (bicyclic) bond motifs is 1. The number of aryl methyl sites for hydroxylation is 2. The molecule has 5 rings (SSSR count). The van der Waals surface area contributed by atoms with E-state index in [-0.39, 0.29) is 6.10 Å². The summed E-state index contributed by atoms with van der Waals surface area (Å²) in [7, 11) is 0. The summed E-state index contributed by atoms with van der Waals surface area (Å²) in [4.78, 5) is 6.89. The molecule has 2 aliphatic rings. The number of aliphatic hydroxyl groups is 1. The second kappa shape index (κ2) is 9.01. The maximum absolute atomic E-state index is 10.8. The van der Waals surface area contributed by atoms with Crippen LogP contribution in [-0.2, 0) is 6.54 Å². The molecule has 6 heteroatoms. The van der Waals surface area contributed by atoms with E-state index in [0.717, 1.165) is 66.7 Å². The van der Waals surface area contributed by atoms with E-state index < -0.39 is 6.10 Å². The summed E-state index contributed by atoms with van der Waals surface area (Å²) in [5, 5.41) is 20.1. The first-order valence-corrected chi connectivity index (χ1v) is 11.6. The number of pyridine rings is 1. The molecule has 1 aromatic carbocycles. The number of hydrogen-bond donors (Lipinski definition) is 1. The van der Waals surface area contributed by atoms with E-state index in [1.165, 1.54) is 0 Å². The van der Waals surface area contributed by atoms with Crippen LogP contribution < -0.4 is 4.74 Å². The highest BCUT2D eigenvalue weighted by atomic mass is 16.5. The largest absolute Gasteiger partial charge is 0.486 e. The van der Waals surface area contributed by atoms with Crippen LogP contribution in [0.4, 0.5) is 0 Å². The summed E-state index contributed by atoms with van der Waals surface area (Å²) in [5.74, 6) is 3.34. The van der Waals surface area contributed by atoms with Gasteiger partial charge in [0, 0.05) is 24.3 Å². The van der Waals surface area contributed by atoms with Crippen LogP contribution >= 0.6 is 0 Å². The van der Waals surface area contributed by atoms with Gasteiger partial charge < -0.3 is 14.3 Å². The van der Waals surface area contributed by atoms with E-state index in [4.69, 9.17) is 9.15 Å². The lowest BCUT2D eigenvalue weighted by molar-refractivity contribution is -0.0236. The quantitative estimate of drug-likeness (QED) is 0.626. The number of nitrogens with zero attached hydrogens (tertiary/aromatic N) is 3. The van der Waals surface area contributed by atoms with E-state index in [1.807, 2.05) is 56.3 Å². The molecule has 0 radical (unpaired) electrons. The van der Waals surface area contributed by atoms with Gasteiger partial charge in [0.05, 0.1) is 30.0 Å². The number of aromatic nitrogens is 1. The molecule has 1 N–H and O–H groups in total. The first-order chi connectivity index (χ1) is 16.0. The molecule has 170 valence electrons. The third-order valence-electron chi connectivity index (χ3n) is 6.97. The van der Waals surface area contributed by atoms with Crippen molar-refractivity contribution >= 4 is 0 Å². The van der Waals surface area contributed by atoms with Gasteiger partial charge in [-0.05, 0) is 74.9 Å². The molecule has 1 saturated heterocycles. The Hall–Kier alpha value is -3.14. The predicted octanol–water partition coefficient (Wildman–Crippen LogP) is 4.48. The van der Waals surface area contributed by atoms with Gasteiger partial charge in [0.2, 0.25) is 0 Å². The molecule has 33 heavy (non-hydrogen) atoms. The molecule has 6 nitrogen and oxygen atoms in total. The van der Waals surface area contributed by atoms with Crippen molar-refractivity contribution in [2.45, 2.75) is 45.4 Å². The zero-order chi connectivity index (χ0) is 22.9. The first-order valence-electron chi connectivity index (χ1n) is 11.6. The summed E-state index contributed by atoms with van der Waals surface area (Å²) in [6.07, 6.45) is 0.925. The van der Waals surface area contributed by atoms with Crippen LogP contribution in [0.15, 0.2) is 52.9 Å². The van der Waals surface area contributed by atoms with Crippen molar-refractivity contribution in [2.75, 3.05) is 13.1 Å². The molecule has 0 spiro atoms. The van der Waals surface area contributed by atoms with Crippen LogP contribution in [-0.4, -0.2) is 40.3 Å². The minimum absolute atomic E-state index is 0.202. The van der Waals surface area contributed by atoms with Crippen LogP contribution in [0.25, 0.3) is 11.3 Å². The fraction of sp³-hybridized carbons (Fsp3) is 0.407. The molecular weight excluding hydrogens is 414 g/mol. The van der Waals surface area contributed by atoms with Gasteiger partial charge in [-0.3, -0.25) is 9.88 Å². The number of ether oxygens (including phenoxy) is 1. The third-order valence-corrected chi connectivity index (χ3v) is 6.97. The van der Waals surface area contributed by atoms with Crippen molar-refractivity contribution in [2.24, 2.45) is 11.8 Å². The Morgan fingerprint density at radius 3 is 2.67 bits per heavy atom. The highest BCUT2D eigenvalue weighted by Gasteiger charge is 2.42. The lowest BCUT2D eigenvalue weighted by Gasteiger charge is -2.35. The van der Waals surface area contributed by atoms with E-state index >= 15 is 0 Å². The summed E-state index contributed by atoms with van der Waals surface area (Å²) < 4.78 is 12.3. The Bertz CT molecular complexity index is 1180. The van der Waals surface area contributed by atoms with Crippen LogP contribution in [0.2, 0.25) is 0 Å². The van der Waals surface area contributed by atoms with Crippen molar-refractivity contribution in [3.8, 4) is 23.1 Å². The van der Waals surface area contributed by atoms with Gasteiger partial charge in [-0.25, -0.2) is 0 Å². The third kappa shape index (κ3) is 4.52. The van der Waals surface area contributed by atoms with Gasteiger partial charge in [0.15, 0.2) is 0 Å². The Labute approximate surface area is 194 Å². The number of hydrogen-bond acceptors (Lipinski definition) is 6. The Morgan fingerprint density at radius 2 is 1.88 bits per heavy atom. The second-order valence-electron chi connectivity index (χ2n) is 9.37. The SMILES string of the molecule is Cc1ccc(O[C@@H]2C[C@@H]3CN(Cc4ccc(-c5ccccc5C#N)o4)C[C@@H]3C[C@H]2O)c(C)n1. The number of furan rings is 1. The molecule has 3 aromatic rings. The fourth-order valence-corrected chi connectivity index (χ4v) is 5.33. The number of aliphatic hydroxyl groups excluding tert-OH is 1. The van der Waals surface area contributed by atoms with Crippen LogP contribution in [0, 0.1) is 37.0 Å². The number of nitriles is 1. The van der Waals surface area contributed by atoms with E-state index in [2.05, 4.69) is 16.0 Å². The van der Waals surface area contributed by atoms with Gasteiger partial charge in [-0.15, -0.1) is 0 Å². The zero-order valence-corrected chi connectivity index (χ0v) is 19.1. The van der Waals surface area contributed by atoms with Crippen molar-refractivity contribution in [1.29, 1.82) is 5.26 Å². The summed E-state index contributed by atoms with van der Waals surface area (Å²) in [6, 6.07) is 17.6. The number of benzene rings is 1. The second-order valence-corrected chi connectivity index (χ2v) is 9.37. The Morgan fingerprint density at radius 1 is 1.09 bits per heavy atom. The molecule has 1 aliphatic carbocycles. The van der Waals surface area contributed by atoms with Gasteiger partial charge in [0.25, 0.3) is 0 Å². The van der Waals surface area contributed by atoms with Gasteiger partial charge in [-0.1, -0.05) is 12.1 Å². The van der Waals surface area contributed by atoms with Crippen molar-refractivity contribution in [3.63, 3.8) is 0 Å². The number of rotatable bonds is 5. The van der Waals surface area contributed by atoms with Crippen LogP contribution in [0.5, 0.6) is 5.75 Å². The molecule has 0 unspecified atom stereocenters. The van der Waals surface area contributed by atoms with Crippen LogP contribution in [0.1, 0.15) is 35.6 Å². The smallest absolute Gasteiger partial charge is 0.141 e. The molecule has 0 bridgehead atoms. The van der Waals surface area contributed by atoms with E-state index in [1.54, 1.807) is 6.07 Å². The molecular formula is C27H29N3O3. The predicted molar refractivity (Wildman–Crippen MR) is 124 cm³/mol. The average molecular weight is 444 g/mol. The normalized spacial score (nSPS) is 24.9. The van der Waals surface area contributed by atoms with E-state index in [0.29, 0.717) is 17.4 Å². The highest BCUT2D eigenvalue weighted by molar-refractivity contribution is 5.66. The van der Waals surface area contributed by atoms with Gasteiger partial charge in [0.1, 0.15) is 23.4 Å². The molecule has 1 saturated carbocycles. The minimum atomic E-state index is -0.468. The Balaban J connectivity index is 1.23. The van der Waals surface area contributed by atoms with Gasteiger partial charge >= 0.3 is 0 Å². The Kier molecular flexibility index (Phi) is 5.92. The van der Waals surface area contributed by atoms with Crippen LogP contribution in [0.3, 0.4) is 0 Å². The van der Waals surface area contributed by atoms with E-state index in [9.17, 15) is 10.4 Å². The number of likely N-dealkylation sites (tertiary alicyclic amines) is 1. The lowest BCUT2D eigenvalue weighted by Crippen LogP contribution is -2.42. The lowest BCUT2D eigenvalue weighted by atomic mass is 9.78. The first kappa shape index (κ1) is 21.7. The van der Waals surface area contributed by atoms with Crippen molar-refractivity contribution in [3.05, 3.63) is 71.2 Å². The van der Waals surface area contributed by atoms with Crippen molar-refractivity contribution < 1.29 is 14.3 Å². The zero-order valence-electron chi connectivity index (χ0n) is 19.1. The maximum atomic E-state index is 10.8. The maximum Gasteiger partial charge on any atom is 0.141 e. The molecule has 2 aromatic heterocycles. The molecule has 3 heterocycles. The fourth-order valence-electron chi connectivity index (χ4n) is 5.33. The van der Waals surface area contributed by atoms with Crippen molar-refractivity contribution in [1.82, 2.24) is 9.88 Å². The average Bonchev–Trinajstić information content (AvgIpc) is 3.42. The summed E-state index contributed by atoms with van der Waals surface area (Å²) in [6.45, 7) is 6.56. The highest BCUT2D eigenvalue weighted by Crippen LogP contribution is 2.39. The monoisotopic (exact) mass is 443 g/mol. The minimum Gasteiger partial charge on any atom is -0.486 e. The van der Waals surface area contributed by atoms with Gasteiger partial charge in [-0.2, -0.15) is 5.26 Å². The molecule has 1 aliphatic heterocycles. The topological polar surface area (TPSA) is 82.5 Å². The molecule has 4 atom stereocenters. The molecule has 2 fully saturated rings. The summed E-state index contributed by atoms with van der Waals surface area (Å²) in [5.41, 5.74) is 3.27. The summed E-state index contributed by atoms with van der Waals surface area (Å²) >= 11 is 0. The standard InChI is InChI=1S/C27H29N3O3/c1-17-7-9-25(18(2)29-17)33-27-12-21-15-30(14-20(21)11-24(27)31)16-22-8-10-26(32-22)23-6-4-3-5-19(23)13-28/h3-10,20-21,24,27,31H,11-12,14-16H2,1-2H3/t20-,21+,24+,27+/m0/s1. The molecule has 0 amide bonds.